The van der Waals surface area contributed by atoms with Crippen molar-refractivity contribution in [1.29, 1.82) is 0 Å². The van der Waals surface area contributed by atoms with Crippen LogP contribution in [0.1, 0.15) is 0 Å². The third-order valence-corrected chi connectivity index (χ3v) is 6.41. The molecule has 16 nitrogen and oxygen atoms in total. The van der Waals surface area contributed by atoms with Gasteiger partial charge in [0.2, 0.25) is 20.0 Å². The average molecular weight is 650 g/mol. The fraction of sp³-hybridized carbons (Fsp3) is 0. The first-order valence-corrected chi connectivity index (χ1v) is 12.2. The zero-order valence-corrected chi connectivity index (χ0v) is 29.3. The zero-order valence-electron chi connectivity index (χ0n) is 21.4. The molecule has 0 fully saturated rings. The van der Waals surface area contributed by atoms with E-state index in [0.29, 0.717) is 11.4 Å². The smallest absolute Gasteiger partial charge is 0.457 e. The second-order valence-electron chi connectivity index (χ2n) is 6.37. The molecule has 0 aliphatic heterocycles. The molecule has 2 heterocycles. The molecule has 0 atom stereocenters. The molecule has 0 aliphatic carbocycles. The molecule has 2 aromatic carbocycles. The summed E-state index contributed by atoms with van der Waals surface area (Å²) in [5.74, 6) is -0.186. The predicted molar refractivity (Wildman–Crippen MR) is 148 cm³/mol. The van der Waals surface area contributed by atoms with Gasteiger partial charge in [-0.05, 0) is 73.3 Å². The van der Waals surface area contributed by atoms with E-state index >= 15 is 0 Å². The Morgan fingerprint density at radius 1 is 0.550 bits per heavy atom. The van der Waals surface area contributed by atoms with E-state index in [-0.39, 0.29) is 146 Å². The number of nitrogens with zero attached hydrogens (tertiary/aromatic N) is 6. The number of rotatable bonds is 6. The first kappa shape index (κ1) is 45.8. The summed E-state index contributed by atoms with van der Waals surface area (Å²) in [6, 6.07) is 14.7. The monoisotopic (exact) mass is 649 g/mol. The molecular formula is C20H27K2N8O8S2. The van der Waals surface area contributed by atoms with Crippen LogP contribution in [0.4, 0.5) is 23.3 Å². The summed E-state index contributed by atoms with van der Waals surface area (Å²) in [5, 5.41) is 0. The summed E-state index contributed by atoms with van der Waals surface area (Å²) < 4.78 is 54.3. The summed E-state index contributed by atoms with van der Waals surface area (Å²) in [6.07, 6.45) is 5.68. The molecule has 0 spiro atoms. The predicted octanol–water partition coefficient (Wildman–Crippen LogP) is -3.87. The second kappa shape index (κ2) is 21.5. The number of nitrogen functional groups attached to an aromatic ring is 2. The van der Waals surface area contributed by atoms with Gasteiger partial charge >= 0.3 is 51.4 Å². The summed E-state index contributed by atoms with van der Waals surface area (Å²) in [5.41, 5.74) is 11.9. The van der Waals surface area contributed by atoms with Gasteiger partial charge in [0.1, 0.15) is 0 Å². The summed E-state index contributed by atoms with van der Waals surface area (Å²) in [7, 11) is -7.57. The van der Waals surface area contributed by atoms with Crippen LogP contribution < -0.4 is 62.9 Å². The molecule has 2 aromatic heterocycles. The molecule has 0 unspecified atom stereocenters. The van der Waals surface area contributed by atoms with Gasteiger partial charge in [0.05, 0.1) is 9.79 Å². The Morgan fingerprint density at radius 2 is 0.800 bits per heavy atom. The van der Waals surface area contributed by atoms with Crippen molar-refractivity contribution < 1.29 is 90.1 Å². The third kappa shape index (κ3) is 14.6. The Hall–Kier alpha value is -1.19. The quantitative estimate of drug-likeness (QED) is 0.116. The minimum absolute atomic E-state index is 0. The standard InChI is InChI=1S/2C10H9N4O2S.2K.4H2O/c2*11-8-2-4-9(5-3-8)17(15,16)14-10-12-6-1-7-13-10;;;;;;/h2*1-7H,11H2;;;4*1H2/q2*-1;;+1;;;;/p+1. The van der Waals surface area contributed by atoms with Gasteiger partial charge in [-0.1, -0.05) is 12.1 Å². The molecule has 0 saturated heterocycles. The summed E-state index contributed by atoms with van der Waals surface area (Å²) in [6.45, 7) is 0. The zero-order chi connectivity index (χ0) is 24.6. The number of hydrogen-bond acceptors (Lipinski definition) is 10. The number of benzene rings is 2. The Balaban J connectivity index is -0.000000282. The van der Waals surface area contributed by atoms with E-state index in [2.05, 4.69) is 29.4 Å². The summed E-state index contributed by atoms with van der Waals surface area (Å²) in [4.78, 5) is 15.0. The average Bonchev–Trinajstić information content (AvgIpc) is 2.81. The molecule has 13 N–H and O–H groups in total. The molecule has 40 heavy (non-hydrogen) atoms. The van der Waals surface area contributed by atoms with E-state index in [0.717, 1.165) is 0 Å². The first-order valence-electron chi connectivity index (χ1n) is 9.37. The maximum atomic E-state index is 11.8. The van der Waals surface area contributed by atoms with E-state index in [9.17, 15) is 16.8 Å². The molecule has 4 rings (SSSR count). The van der Waals surface area contributed by atoms with Crippen molar-refractivity contribution in [2.24, 2.45) is 0 Å². The van der Waals surface area contributed by atoms with Crippen molar-refractivity contribution in [3.8, 4) is 0 Å². The van der Waals surface area contributed by atoms with Gasteiger partial charge in [-0.25, -0.2) is 16.8 Å². The number of aromatic nitrogens is 4. The normalized spacial score (nSPS) is 9.40. The molecule has 1 radical (unpaired) electrons. The summed E-state index contributed by atoms with van der Waals surface area (Å²) >= 11 is 0. The van der Waals surface area contributed by atoms with Gasteiger partial charge in [0.15, 0.2) is 0 Å². The van der Waals surface area contributed by atoms with Crippen molar-refractivity contribution in [3.05, 3.63) is 94.9 Å². The minimum atomic E-state index is -3.79. The number of sulfonamides is 2. The van der Waals surface area contributed by atoms with Crippen molar-refractivity contribution in [1.82, 2.24) is 19.9 Å². The maximum Gasteiger partial charge on any atom is 1.00 e. The maximum absolute atomic E-state index is 11.8. The molecular weight excluding hydrogens is 623 g/mol. The van der Waals surface area contributed by atoms with Crippen LogP contribution in [0.15, 0.2) is 95.2 Å². The van der Waals surface area contributed by atoms with Crippen LogP contribution in [0.25, 0.3) is 9.44 Å². The Kier molecular flexibility index (Phi) is 24.6. The number of hydrogen-bond donors (Lipinski definition) is 2. The van der Waals surface area contributed by atoms with Crippen molar-refractivity contribution in [3.63, 3.8) is 0 Å². The van der Waals surface area contributed by atoms with E-state index in [1.54, 1.807) is 12.1 Å². The fourth-order valence-electron chi connectivity index (χ4n) is 2.28. The van der Waals surface area contributed by atoms with Crippen molar-refractivity contribution in [2.75, 3.05) is 11.5 Å². The van der Waals surface area contributed by atoms with Gasteiger partial charge in [-0.15, -0.1) is 0 Å². The van der Waals surface area contributed by atoms with E-state index in [1.807, 2.05) is 0 Å². The van der Waals surface area contributed by atoms with Gasteiger partial charge in [-0.3, -0.25) is 9.44 Å². The van der Waals surface area contributed by atoms with Gasteiger partial charge in [0.25, 0.3) is 0 Å². The van der Waals surface area contributed by atoms with Gasteiger partial charge < -0.3 is 53.3 Å². The molecule has 0 aliphatic rings. The SMILES string of the molecule is Nc1ccc(S(=O)(=O)[N-]c2ncccn2)cc1.Nc1ccc(S(=O)(=O)[N-]c2ncccn2)cc1.O.O.O.[K+].[K].[OH3+]. The van der Waals surface area contributed by atoms with E-state index < -0.39 is 20.0 Å². The van der Waals surface area contributed by atoms with E-state index in [4.69, 9.17) is 11.5 Å². The van der Waals surface area contributed by atoms with Crippen LogP contribution in [-0.2, 0) is 25.5 Å². The van der Waals surface area contributed by atoms with Crippen LogP contribution in [0, 0.1) is 0 Å². The second-order valence-corrected chi connectivity index (χ2v) is 9.58. The first-order chi connectivity index (χ1) is 16.2. The van der Waals surface area contributed by atoms with Crippen molar-refractivity contribution >= 4 is 94.7 Å². The van der Waals surface area contributed by atoms with Crippen molar-refractivity contribution in [2.45, 2.75) is 9.79 Å². The number of nitrogens with two attached hydrogens (primary N) is 2. The molecule has 0 bridgehead atoms. The van der Waals surface area contributed by atoms with Crippen LogP contribution in [0.5, 0.6) is 0 Å². The largest absolute Gasteiger partial charge is 1.00 e. The van der Waals surface area contributed by atoms with Crippen LogP contribution in [-0.4, -0.2) is 105 Å². The van der Waals surface area contributed by atoms with Gasteiger partial charge in [0, 0.05) is 74.7 Å². The molecule has 20 heteroatoms. The van der Waals surface area contributed by atoms with E-state index in [1.165, 1.54) is 73.3 Å². The Morgan fingerprint density at radius 3 is 1.05 bits per heavy atom. The van der Waals surface area contributed by atoms with Crippen LogP contribution >= 0.6 is 0 Å². The molecule has 0 amide bonds. The Labute approximate surface area is 316 Å². The van der Waals surface area contributed by atoms with Crippen LogP contribution in [0.3, 0.4) is 0 Å². The molecule has 0 saturated carbocycles. The molecule has 4 aromatic rings. The third-order valence-electron chi connectivity index (χ3n) is 3.86. The van der Waals surface area contributed by atoms with Crippen LogP contribution in [0.2, 0.25) is 0 Å². The number of anilines is 2. The minimum Gasteiger partial charge on any atom is -0.457 e. The molecule has 209 valence electrons. The topological polar surface area (TPSA) is 328 Å². The fourth-order valence-corrected chi connectivity index (χ4v) is 4.07. The van der Waals surface area contributed by atoms with Gasteiger partial charge in [-0.2, -0.15) is 0 Å². The Bertz CT molecular complexity index is 1330.